The van der Waals surface area contributed by atoms with Crippen LogP contribution in [-0.2, 0) is 6.42 Å². The van der Waals surface area contributed by atoms with Crippen LogP contribution in [0.1, 0.15) is 41.8 Å². The van der Waals surface area contributed by atoms with Crippen molar-refractivity contribution >= 4 is 17.3 Å². The van der Waals surface area contributed by atoms with E-state index in [1.165, 1.54) is 29.8 Å². The normalized spacial score (nSPS) is 11.2. The van der Waals surface area contributed by atoms with Crippen LogP contribution in [0.4, 0.5) is 5.69 Å². The monoisotopic (exact) mass is 325 g/mol. The summed E-state index contributed by atoms with van der Waals surface area (Å²) in [4.78, 5) is 22.1. The SMILES string of the molecule is CCCc1ccc(/C(C)=N/NC(=O)c2ccc([N+](=O)[O-])cc2)cc1. The van der Waals surface area contributed by atoms with Gasteiger partial charge in [0.2, 0.25) is 0 Å². The highest BCUT2D eigenvalue weighted by molar-refractivity contribution is 6.00. The minimum atomic E-state index is -0.508. The Hall–Kier alpha value is -3.02. The molecule has 0 bridgehead atoms. The second-order valence-corrected chi connectivity index (χ2v) is 5.39. The quantitative estimate of drug-likeness (QED) is 0.499. The van der Waals surface area contributed by atoms with Gasteiger partial charge in [-0.15, -0.1) is 0 Å². The third kappa shape index (κ3) is 4.49. The van der Waals surface area contributed by atoms with Crippen molar-refractivity contribution in [2.24, 2.45) is 5.10 Å². The lowest BCUT2D eigenvalue weighted by Crippen LogP contribution is -2.19. The van der Waals surface area contributed by atoms with Gasteiger partial charge in [0.15, 0.2) is 0 Å². The van der Waals surface area contributed by atoms with E-state index in [0.717, 1.165) is 18.4 Å². The number of aryl methyl sites for hydroxylation is 1. The number of benzene rings is 2. The molecule has 0 unspecified atom stereocenters. The summed E-state index contributed by atoms with van der Waals surface area (Å²) < 4.78 is 0. The summed E-state index contributed by atoms with van der Waals surface area (Å²) in [5.74, 6) is -0.410. The third-order valence-electron chi connectivity index (χ3n) is 3.58. The fourth-order valence-corrected chi connectivity index (χ4v) is 2.20. The first-order chi connectivity index (χ1) is 11.5. The molecule has 24 heavy (non-hydrogen) atoms. The molecule has 2 aromatic rings. The van der Waals surface area contributed by atoms with Gasteiger partial charge in [0.1, 0.15) is 0 Å². The second kappa shape index (κ2) is 8.01. The summed E-state index contributed by atoms with van der Waals surface area (Å²) in [6.07, 6.45) is 2.13. The van der Waals surface area contributed by atoms with Crippen LogP contribution in [0.25, 0.3) is 0 Å². The van der Waals surface area contributed by atoms with E-state index in [4.69, 9.17) is 0 Å². The van der Waals surface area contributed by atoms with Crippen molar-refractivity contribution < 1.29 is 9.72 Å². The molecule has 0 saturated carbocycles. The number of nitrogens with one attached hydrogen (secondary N) is 1. The smallest absolute Gasteiger partial charge is 0.267 e. The van der Waals surface area contributed by atoms with Crippen molar-refractivity contribution in [1.29, 1.82) is 0 Å². The molecule has 0 heterocycles. The number of nitrogens with zero attached hydrogens (tertiary/aromatic N) is 2. The molecule has 1 N–H and O–H groups in total. The summed E-state index contributed by atoms with van der Waals surface area (Å²) >= 11 is 0. The maximum Gasteiger partial charge on any atom is 0.271 e. The first kappa shape index (κ1) is 17.3. The molecule has 124 valence electrons. The van der Waals surface area contributed by atoms with Crippen molar-refractivity contribution in [3.63, 3.8) is 0 Å². The average Bonchev–Trinajstić information content (AvgIpc) is 2.60. The van der Waals surface area contributed by atoms with Crippen molar-refractivity contribution in [2.45, 2.75) is 26.7 Å². The number of hydrazone groups is 1. The zero-order valence-corrected chi connectivity index (χ0v) is 13.7. The van der Waals surface area contributed by atoms with E-state index in [2.05, 4.69) is 29.6 Å². The number of carbonyl (C=O) groups is 1. The zero-order valence-electron chi connectivity index (χ0n) is 13.7. The van der Waals surface area contributed by atoms with Crippen LogP contribution in [0.5, 0.6) is 0 Å². The highest BCUT2D eigenvalue weighted by Gasteiger charge is 2.09. The third-order valence-corrected chi connectivity index (χ3v) is 3.58. The Morgan fingerprint density at radius 3 is 2.21 bits per heavy atom. The molecule has 0 radical (unpaired) electrons. The average molecular weight is 325 g/mol. The van der Waals surface area contributed by atoms with Crippen LogP contribution < -0.4 is 5.43 Å². The number of carbonyl (C=O) groups excluding carboxylic acids is 1. The Labute approximate surface area is 140 Å². The molecule has 6 nitrogen and oxygen atoms in total. The molecule has 0 spiro atoms. The summed E-state index contributed by atoms with van der Waals surface area (Å²) in [6.45, 7) is 3.94. The Kier molecular flexibility index (Phi) is 5.78. The summed E-state index contributed by atoms with van der Waals surface area (Å²) in [6, 6.07) is 13.4. The van der Waals surface area contributed by atoms with Gasteiger partial charge in [-0.25, -0.2) is 5.43 Å². The molecule has 0 aromatic heterocycles. The van der Waals surface area contributed by atoms with Crippen LogP contribution in [0.15, 0.2) is 53.6 Å². The van der Waals surface area contributed by atoms with E-state index in [-0.39, 0.29) is 5.69 Å². The molecule has 0 aliphatic carbocycles. The van der Waals surface area contributed by atoms with Crippen molar-refractivity contribution in [3.05, 3.63) is 75.3 Å². The molecule has 6 heteroatoms. The molecule has 0 aliphatic rings. The van der Waals surface area contributed by atoms with Gasteiger partial charge in [-0.3, -0.25) is 14.9 Å². The van der Waals surface area contributed by atoms with Gasteiger partial charge in [0.05, 0.1) is 10.6 Å². The molecular formula is C18H19N3O3. The largest absolute Gasteiger partial charge is 0.271 e. The van der Waals surface area contributed by atoms with Gasteiger partial charge < -0.3 is 0 Å². The second-order valence-electron chi connectivity index (χ2n) is 5.39. The first-order valence-corrected chi connectivity index (χ1v) is 7.69. The van der Waals surface area contributed by atoms with Crippen LogP contribution >= 0.6 is 0 Å². The van der Waals surface area contributed by atoms with Gasteiger partial charge in [0, 0.05) is 17.7 Å². The van der Waals surface area contributed by atoms with E-state index in [1.807, 2.05) is 19.1 Å². The van der Waals surface area contributed by atoms with E-state index >= 15 is 0 Å². The van der Waals surface area contributed by atoms with Gasteiger partial charge >= 0.3 is 0 Å². The van der Waals surface area contributed by atoms with E-state index in [9.17, 15) is 14.9 Å². The van der Waals surface area contributed by atoms with Gasteiger partial charge in [-0.1, -0.05) is 37.6 Å². The molecule has 1 amide bonds. The molecule has 0 saturated heterocycles. The summed E-state index contributed by atoms with van der Waals surface area (Å²) in [5.41, 5.74) is 5.61. The molecule has 0 aliphatic heterocycles. The van der Waals surface area contributed by atoms with Gasteiger partial charge in [-0.2, -0.15) is 5.10 Å². The molecule has 2 aromatic carbocycles. The van der Waals surface area contributed by atoms with E-state index in [0.29, 0.717) is 11.3 Å². The van der Waals surface area contributed by atoms with E-state index < -0.39 is 10.8 Å². The Morgan fingerprint density at radius 1 is 1.08 bits per heavy atom. The zero-order chi connectivity index (χ0) is 17.5. The molecule has 0 atom stereocenters. The topological polar surface area (TPSA) is 84.6 Å². The van der Waals surface area contributed by atoms with Crippen molar-refractivity contribution in [3.8, 4) is 0 Å². The lowest BCUT2D eigenvalue weighted by Gasteiger charge is -2.04. The van der Waals surface area contributed by atoms with Crippen LogP contribution in [0.2, 0.25) is 0 Å². The Morgan fingerprint density at radius 2 is 1.67 bits per heavy atom. The number of hydrogen-bond acceptors (Lipinski definition) is 4. The fourth-order valence-electron chi connectivity index (χ4n) is 2.20. The minimum Gasteiger partial charge on any atom is -0.267 e. The van der Waals surface area contributed by atoms with Crippen LogP contribution in [-0.4, -0.2) is 16.5 Å². The number of nitro groups is 1. The van der Waals surface area contributed by atoms with Crippen molar-refractivity contribution in [2.75, 3.05) is 0 Å². The number of rotatable bonds is 6. The minimum absolute atomic E-state index is 0.0570. The van der Waals surface area contributed by atoms with E-state index in [1.54, 1.807) is 0 Å². The maximum absolute atomic E-state index is 12.0. The number of hydrogen-bond donors (Lipinski definition) is 1. The van der Waals surface area contributed by atoms with Crippen LogP contribution in [0, 0.1) is 10.1 Å². The molecule has 0 fully saturated rings. The molecular weight excluding hydrogens is 306 g/mol. The highest BCUT2D eigenvalue weighted by Crippen LogP contribution is 2.12. The van der Waals surface area contributed by atoms with Gasteiger partial charge in [-0.05, 0) is 36.6 Å². The number of amides is 1. The number of non-ortho nitro benzene ring substituents is 1. The lowest BCUT2D eigenvalue weighted by atomic mass is 10.1. The predicted molar refractivity (Wildman–Crippen MR) is 93.2 cm³/mol. The fraction of sp³-hybridized carbons (Fsp3) is 0.222. The number of nitro benzene ring substituents is 1. The lowest BCUT2D eigenvalue weighted by molar-refractivity contribution is -0.384. The predicted octanol–water partition coefficient (Wildman–Crippen LogP) is 3.70. The van der Waals surface area contributed by atoms with Gasteiger partial charge in [0.25, 0.3) is 11.6 Å². The first-order valence-electron chi connectivity index (χ1n) is 7.69. The standard InChI is InChI=1S/C18H19N3O3/c1-3-4-14-5-7-15(8-6-14)13(2)19-20-18(22)16-9-11-17(12-10-16)21(23)24/h5-12H,3-4H2,1-2H3,(H,20,22)/b19-13+. The van der Waals surface area contributed by atoms with Crippen LogP contribution in [0.3, 0.4) is 0 Å². The maximum atomic E-state index is 12.0. The Balaban J connectivity index is 2.02. The highest BCUT2D eigenvalue weighted by atomic mass is 16.6. The summed E-state index contributed by atoms with van der Waals surface area (Å²) in [7, 11) is 0. The van der Waals surface area contributed by atoms with Crippen molar-refractivity contribution in [1.82, 2.24) is 5.43 Å². The summed E-state index contributed by atoms with van der Waals surface area (Å²) in [5, 5.41) is 14.7. The molecule has 2 rings (SSSR count). The Bertz CT molecular complexity index is 750.